The number of carbonyl (C=O) groups excluding carboxylic acids is 1. The summed E-state index contributed by atoms with van der Waals surface area (Å²) in [4.78, 5) is 11.6. The Morgan fingerprint density at radius 2 is 1.55 bits per heavy atom. The van der Waals surface area contributed by atoms with Crippen LogP contribution in [0, 0.1) is 11.6 Å². The molecule has 1 N–H and O–H groups in total. The molecule has 0 aromatic heterocycles. The lowest BCUT2D eigenvalue weighted by Gasteiger charge is -2.07. The molecule has 22 heavy (non-hydrogen) atoms. The van der Waals surface area contributed by atoms with Crippen molar-refractivity contribution in [2.75, 3.05) is 6.26 Å². The van der Waals surface area contributed by atoms with Gasteiger partial charge in [-0.3, -0.25) is 4.79 Å². The minimum atomic E-state index is -3.65. The van der Waals surface area contributed by atoms with Crippen molar-refractivity contribution in [3.8, 4) is 11.5 Å². The Morgan fingerprint density at radius 1 is 1.00 bits per heavy atom. The number of amides is 1. The fourth-order valence-corrected chi connectivity index (χ4v) is 2.08. The van der Waals surface area contributed by atoms with E-state index < -0.39 is 27.6 Å². The van der Waals surface area contributed by atoms with E-state index in [9.17, 15) is 22.0 Å². The van der Waals surface area contributed by atoms with E-state index in [1.54, 1.807) is 0 Å². The molecule has 8 heteroatoms. The van der Waals surface area contributed by atoms with Crippen molar-refractivity contribution >= 4 is 15.9 Å². The number of ether oxygens (including phenoxy) is 1. The van der Waals surface area contributed by atoms with Gasteiger partial charge >= 0.3 is 0 Å². The first-order valence-corrected chi connectivity index (χ1v) is 7.88. The van der Waals surface area contributed by atoms with Gasteiger partial charge in [0.2, 0.25) is 10.0 Å². The zero-order valence-electron chi connectivity index (χ0n) is 11.3. The largest absolute Gasteiger partial charge is 0.457 e. The molecule has 0 aliphatic rings. The minimum Gasteiger partial charge on any atom is -0.457 e. The average molecular weight is 327 g/mol. The van der Waals surface area contributed by atoms with Gasteiger partial charge in [-0.2, -0.15) is 0 Å². The number of benzene rings is 2. The minimum absolute atomic E-state index is 0.0363. The van der Waals surface area contributed by atoms with Gasteiger partial charge in [-0.1, -0.05) is 0 Å². The number of rotatable bonds is 4. The predicted octanol–water partition coefficient (Wildman–Crippen LogP) is 2.45. The number of carbonyl (C=O) groups is 1. The van der Waals surface area contributed by atoms with Gasteiger partial charge in [0.15, 0.2) is 0 Å². The first kappa shape index (κ1) is 15.9. The first-order valence-electron chi connectivity index (χ1n) is 5.99. The summed E-state index contributed by atoms with van der Waals surface area (Å²) in [6.45, 7) is 0. The molecule has 0 saturated carbocycles. The third kappa shape index (κ3) is 4.52. The van der Waals surface area contributed by atoms with Crippen LogP contribution in [0.2, 0.25) is 0 Å². The SMILES string of the molecule is CS(=O)(=O)NC(=O)c1ccc(Oc2cc(F)cc(F)c2)cc1. The van der Waals surface area contributed by atoms with Gasteiger partial charge < -0.3 is 4.74 Å². The highest BCUT2D eigenvalue weighted by Gasteiger charge is 2.11. The third-order valence-corrected chi connectivity index (χ3v) is 3.02. The molecule has 1 amide bonds. The van der Waals surface area contributed by atoms with E-state index in [0.717, 1.165) is 18.4 Å². The van der Waals surface area contributed by atoms with Gasteiger partial charge in [-0.05, 0) is 24.3 Å². The Balaban J connectivity index is 2.13. The molecule has 5 nitrogen and oxygen atoms in total. The first-order chi connectivity index (χ1) is 10.2. The van der Waals surface area contributed by atoms with Crippen LogP contribution >= 0.6 is 0 Å². The molecule has 116 valence electrons. The highest BCUT2D eigenvalue weighted by Crippen LogP contribution is 2.23. The van der Waals surface area contributed by atoms with Gasteiger partial charge in [0.25, 0.3) is 5.91 Å². The van der Waals surface area contributed by atoms with Crippen molar-refractivity contribution in [2.24, 2.45) is 0 Å². The summed E-state index contributed by atoms with van der Waals surface area (Å²) in [5.74, 6) is -2.14. The molecule has 0 bridgehead atoms. The second-order valence-corrected chi connectivity index (χ2v) is 6.18. The number of hydrogen-bond acceptors (Lipinski definition) is 4. The highest BCUT2D eigenvalue weighted by atomic mass is 32.2. The number of nitrogens with one attached hydrogen (secondary N) is 1. The lowest BCUT2D eigenvalue weighted by molar-refractivity contribution is 0.0981. The quantitative estimate of drug-likeness (QED) is 0.936. The molecular formula is C14H11F2NO4S. The lowest BCUT2D eigenvalue weighted by atomic mass is 10.2. The van der Waals surface area contributed by atoms with E-state index in [1.165, 1.54) is 24.3 Å². The van der Waals surface area contributed by atoms with Crippen molar-refractivity contribution in [2.45, 2.75) is 0 Å². The second-order valence-electron chi connectivity index (χ2n) is 4.43. The summed E-state index contributed by atoms with van der Waals surface area (Å²) in [6, 6.07) is 8.13. The Morgan fingerprint density at radius 3 is 2.05 bits per heavy atom. The lowest BCUT2D eigenvalue weighted by Crippen LogP contribution is -2.29. The van der Waals surface area contributed by atoms with Crippen LogP contribution in [-0.4, -0.2) is 20.6 Å². The summed E-state index contributed by atoms with van der Waals surface area (Å²) in [6.07, 6.45) is 0.862. The highest BCUT2D eigenvalue weighted by molar-refractivity contribution is 7.89. The monoisotopic (exact) mass is 327 g/mol. The Kier molecular flexibility index (Phi) is 4.41. The van der Waals surface area contributed by atoms with Crippen LogP contribution in [0.25, 0.3) is 0 Å². The summed E-state index contributed by atoms with van der Waals surface area (Å²) in [5, 5.41) is 0. The van der Waals surface area contributed by atoms with Gasteiger partial charge in [-0.25, -0.2) is 21.9 Å². The average Bonchev–Trinajstić information content (AvgIpc) is 2.36. The normalized spacial score (nSPS) is 11.0. The molecule has 2 aromatic carbocycles. The second kappa shape index (κ2) is 6.10. The van der Waals surface area contributed by atoms with Crippen molar-refractivity contribution in [1.29, 1.82) is 0 Å². The van der Waals surface area contributed by atoms with Crippen molar-refractivity contribution in [3.63, 3.8) is 0 Å². The van der Waals surface area contributed by atoms with Crippen LogP contribution in [0.5, 0.6) is 11.5 Å². The van der Waals surface area contributed by atoms with Gasteiger partial charge in [0, 0.05) is 23.8 Å². The van der Waals surface area contributed by atoms with E-state index >= 15 is 0 Å². The fourth-order valence-electron chi connectivity index (χ4n) is 1.63. The molecule has 0 aliphatic heterocycles. The molecule has 2 rings (SSSR count). The van der Waals surface area contributed by atoms with E-state index in [4.69, 9.17) is 4.74 Å². The third-order valence-electron chi connectivity index (χ3n) is 2.47. The van der Waals surface area contributed by atoms with Crippen molar-refractivity contribution in [1.82, 2.24) is 4.72 Å². The standard InChI is InChI=1S/C14H11F2NO4S/c1-22(19,20)17-14(18)9-2-4-12(5-3-9)21-13-7-10(15)6-11(16)8-13/h2-8H,1H3,(H,17,18). The Labute approximate surface area is 125 Å². The molecule has 0 saturated heterocycles. The summed E-state index contributed by atoms with van der Waals surface area (Å²) in [5.41, 5.74) is 0.100. The van der Waals surface area contributed by atoms with Crippen LogP contribution in [0.1, 0.15) is 10.4 Å². The zero-order valence-corrected chi connectivity index (χ0v) is 12.2. The molecule has 0 radical (unpaired) electrons. The molecule has 0 fully saturated rings. The topological polar surface area (TPSA) is 72.5 Å². The maximum atomic E-state index is 13.0. The van der Waals surface area contributed by atoms with Crippen LogP contribution in [0.4, 0.5) is 8.78 Å². The summed E-state index contributed by atoms with van der Waals surface area (Å²) in [7, 11) is -3.65. The van der Waals surface area contributed by atoms with Gasteiger partial charge in [0.1, 0.15) is 23.1 Å². The summed E-state index contributed by atoms with van der Waals surface area (Å²) >= 11 is 0. The van der Waals surface area contributed by atoms with E-state index in [-0.39, 0.29) is 17.1 Å². The molecule has 0 heterocycles. The van der Waals surface area contributed by atoms with Crippen LogP contribution < -0.4 is 9.46 Å². The Hall–Kier alpha value is -2.48. The molecule has 0 spiro atoms. The predicted molar refractivity (Wildman–Crippen MR) is 75.2 cm³/mol. The molecule has 0 aliphatic carbocycles. The van der Waals surface area contributed by atoms with Crippen molar-refractivity contribution in [3.05, 3.63) is 59.7 Å². The van der Waals surface area contributed by atoms with E-state index in [1.807, 2.05) is 4.72 Å². The van der Waals surface area contributed by atoms with E-state index in [0.29, 0.717) is 6.07 Å². The van der Waals surface area contributed by atoms with Crippen LogP contribution in [0.3, 0.4) is 0 Å². The molecular weight excluding hydrogens is 316 g/mol. The van der Waals surface area contributed by atoms with Crippen LogP contribution in [0.15, 0.2) is 42.5 Å². The zero-order chi connectivity index (χ0) is 16.3. The maximum Gasteiger partial charge on any atom is 0.264 e. The van der Waals surface area contributed by atoms with Gasteiger partial charge in [-0.15, -0.1) is 0 Å². The molecule has 0 atom stereocenters. The number of sulfonamides is 1. The number of halogens is 2. The summed E-state index contributed by atoms with van der Waals surface area (Å²) < 4.78 is 55.0. The maximum absolute atomic E-state index is 13.0. The number of hydrogen-bond donors (Lipinski definition) is 1. The Bertz CT molecular complexity index is 784. The van der Waals surface area contributed by atoms with Crippen molar-refractivity contribution < 1.29 is 26.7 Å². The smallest absolute Gasteiger partial charge is 0.264 e. The van der Waals surface area contributed by atoms with E-state index in [2.05, 4.69) is 0 Å². The molecule has 0 unspecified atom stereocenters. The van der Waals surface area contributed by atoms with Gasteiger partial charge in [0.05, 0.1) is 6.26 Å². The molecule has 2 aromatic rings. The van der Waals surface area contributed by atoms with Crippen LogP contribution in [-0.2, 0) is 10.0 Å². The fraction of sp³-hybridized carbons (Fsp3) is 0.0714.